The molecule has 0 saturated heterocycles. The Morgan fingerprint density at radius 1 is 1.19 bits per heavy atom. The average Bonchev–Trinajstić information content (AvgIpc) is 2.79. The van der Waals surface area contributed by atoms with E-state index in [0.717, 1.165) is 34.4 Å². The van der Waals surface area contributed by atoms with Gasteiger partial charge in [0.2, 0.25) is 0 Å². The zero-order chi connectivity index (χ0) is 15.1. The summed E-state index contributed by atoms with van der Waals surface area (Å²) in [6.45, 7) is 2.61. The zero-order valence-electron chi connectivity index (χ0n) is 12.3. The quantitative estimate of drug-likeness (QED) is 0.553. The van der Waals surface area contributed by atoms with E-state index >= 15 is 0 Å². The zero-order valence-corrected chi connectivity index (χ0v) is 13.2. The van der Waals surface area contributed by atoms with Crippen molar-refractivity contribution in [2.45, 2.75) is 45.6 Å². The van der Waals surface area contributed by atoms with Crippen molar-refractivity contribution in [2.75, 3.05) is 6.61 Å². The summed E-state index contributed by atoms with van der Waals surface area (Å²) in [6.07, 6.45) is 5.59. The number of ether oxygens (including phenoxy) is 1. The number of fused-ring (bicyclic) bond motifs is 1. The molecule has 0 unspecified atom stereocenters. The Morgan fingerprint density at radius 2 is 1.95 bits per heavy atom. The van der Waals surface area contributed by atoms with E-state index in [4.69, 9.17) is 4.74 Å². The van der Waals surface area contributed by atoms with Crippen LogP contribution < -0.4 is 4.87 Å². The van der Waals surface area contributed by atoms with Gasteiger partial charge in [0.1, 0.15) is 6.54 Å². The van der Waals surface area contributed by atoms with Crippen LogP contribution in [0.25, 0.3) is 10.2 Å². The van der Waals surface area contributed by atoms with Gasteiger partial charge in [-0.15, -0.1) is 0 Å². The third-order valence-corrected chi connectivity index (χ3v) is 4.33. The molecule has 0 atom stereocenters. The fraction of sp³-hybridized carbons (Fsp3) is 0.500. The minimum absolute atomic E-state index is 0.00218. The lowest BCUT2D eigenvalue weighted by Gasteiger charge is -2.06. The van der Waals surface area contributed by atoms with Gasteiger partial charge in [-0.2, -0.15) is 0 Å². The number of aromatic nitrogens is 1. The van der Waals surface area contributed by atoms with Gasteiger partial charge in [-0.25, -0.2) is 0 Å². The first kappa shape index (κ1) is 15.8. The number of thiazole rings is 1. The maximum Gasteiger partial charge on any atom is 0.326 e. The minimum Gasteiger partial charge on any atom is -0.464 e. The largest absolute Gasteiger partial charge is 0.464 e. The summed E-state index contributed by atoms with van der Waals surface area (Å²) in [5.74, 6) is -0.337. The first-order valence-electron chi connectivity index (χ1n) is 7.46. The van der Waals surface area contributed by atoms with Crippen LogP contribution in [0.5, 0.6) is 0 Å². The lowest BCUT2D eigenvalue weighted by molar-refractivity contribution is -0.144. The van der Waals surface area contributed by atoms with Gasteiger partial charge < -0.3 is 4.74 Å². The predicted octanol–water partition coefficient (Wildman–Crippen LogP) is 3.58. The molecular weight excluding hydrogens is 286 g/mol. The monoisotopic (exact) mass is 307 g/mol. The fourth-order valence-corrected chi connectivity index (χ4v) is 3.12. The van der Waals surface area contributed by atoms with E-state index in [-0.39, 0.29) is 17.4 Å². The summed E-state index contributed by atoms with van der Waals surface area (Å²) in [6, 6.07) is 7.49. The molecule has 114 valence electrons. The van der Waals surface area contributed by atoms with E-state index in [1.807, 2.05) is 24.3 Å². The molecule has 0 fully saturated rings. The van der Waals surface area contributed by atoms with Crippen molar-refractivity contribution in [3.05, 3.63) is 33.9 Å². The predicted molar refractivity (Wildman–Crippen MR) is 85.8 cm³/mol. The maximum absolute atomic E-state index is 11.9. The molecule has 0 spiro atoms. The highest BCUT2D eigenvalue weighted by atomic mass is 32.1. The molecule has 5 heteroatoms. The van der Waals surface area contributed by atoms with Gasteiger partial charge in [0.25, 0.3) is 0 Å². The molecule has 0 aliphatic carbocycles. The van der Waals surface area contributed by atoms with E-state index in [1.165, 1.54) is 23.8 Å². The summed E-state index contributed by atoms with van der Waals surface area (Å²) in [7, 11) is 0. The molecule has 0 aliphatic rings. The summed E-state index contributed by atoms with van der Waals surface area (Å²) >= 11 is 1.16. The van der Waals surface area contributed by atoms with Crippen molar-refractivity contribution in [2.24, 2.45) is 0 Å². The lowest BCUT2D eigenvalue weighted by atomic mass is 10.2. The first-order chi connectivity index (χ1) is 10.2. The van der Waals surface area contributed by atoms with Gasteiger partial charge in [-0.3, -0.25) is 14.2 Å². The molecule has 0 saturated carbocycles. The standard InChI is InChI=1S/C16H21NO3S/c1-2-3-4-5-8-11-20-15(18)12-17-13-9-6-7-10-14(13)21-16(17)19/h6-7,9-10H,2-5,8,11-12H2,1H3. The number of unbranched alkanes of at least 4 members (excludes halogenated alkanes) is 4. The number of rotatable bonds is 8. The van der Waals surface area contributed by atoms with Gasteiger partial charge in [0.05, 0.1) is 16.8 Å². The normalized spacial score (nSPS) is 10.9. The number of carbonyl (C=O) groups is 1. The average molecular weight is 307 g/mol. The second-order valence-electron chi connectivity index (χ2n) is 5.06. The van der Waals surface area contributed by atoms with Crippen LogP contribution in [0.2, 0.25) is 0 Å². The Kier molecular flexibility index (Phi) is 5.99. The van der Waals surface area contributed by atoms with E-state index in [9.17, 15) is 9.59 Å². The topological polar surface area (TPSA) is 48.3 Å². The van der Waals surface area contributed by atoms with Gasteiger partial charge in [0, 0.05) is 0 Å². The third kappa shape index (κ3) is 4.43. The molecule has 1 aromatic carbocycles. The molecular formula is C16H21NO3S. The van der Waals surface area contributed by atoms with Crippen LogP contribution in [0.3, 0.4) is 0 Å². The van der Waals surface area contributed by atoms with E-state index in [0.29, 0.717) is 6.61 Å². The lowest BCUT2D eigenvalue weighted by Crippen LogP contribution is -2.21. The molecule has 0 N–H and O–H groups in total. The fourth-order valence-electron chi connectivity index (χ4n) is 2.23. The van der Waals surface area contributed by atoms with Crippen LogP contribution in [-0.2, 0) is 16.1 Å². The van der Waals surface area contributed by atoms with Crippen molar-refractivity contribution in [3.8, 4) is 0 Å². The number of para-hydroxylation sites is 1. The van der Waals surface area contributed by atoms with Crippen LogP contribution in [-0.4, -0.2) is 17.1 Å². The van der Waals surface area contributed by atoms with Crippen molar-refractivity contribution in [3.63, 3.8) is 0 Å². The summed E-state index contributed by atoms with van der Waals surface area (Å²) in [4.78, 5) is 23.6. The maximum atomic E-state index is 11.9. The van der Waals surface area contributed by atoms with Crippen LogP contribution in [0.15, 0.2) is 29.1 Å². The molecule has 0 bridgehead atoms. The van der Waals surface area contributed by atoms with E-state index < -0.39 is 0 Å². The molecule has 2 rings (SSSR count). The molecule has 21 heavy (non-hydrogen) atoms. The number of benzene rings is 1. The van der Waals surface area contributed by atoms with Crippen molar-refractivity contribution in [1.29, 1.82) is 0 Å². The molecule has 1 heterocycles. The smallest absolute Gasteiger partial charge is 0.326 e. The van der Waals surface area contributed by atoms with Crippen LogP contribution in [0, 0.1) is 0 Å². The highest BCUT2D eigenvalue weighted by Crippen LogP contribution is 2.16. The molecule has 0 radical (unpaired) electrons. The molecule has 4 nitrogen and oxygen atoms in total. The Morgan fingerprint density at radius 3 is 2.76 bits per heavy atom. The van der Waals surface area contributed by atoms with Gasteiger partial charge in [0.15, 0.2) is 0 Å². The molecule has 0 aliphatic heterocycles. The first-order valence-corrected chi connectivity index (χ1v) is 8.28. The van der Waals surface area contributed by atoms with Crippen LogP contribution >= 0.6 is 11.3 Å². The van der Waals surface area contributed by atoms with Crippen LogP contribution in [0.4, 0.5) is 0 Å². The number of hydrogen-bond acceptors (Lipinski definition) is 4. The number of hydrogen-bond donors (Lipinski definition) is 0. The Balaban J connectivity index is 1.84. The van der Waals surface area contributed by atoms with Gasteiger partial charge in [-0.05, 0) is 18.6 Å². The van der Waals surface area contributed by atoms with E-state index in [2.05, 4.69) is 6.92 Å². The number of esters is 1. The Hall–Kier alpha value is -1.62. The van der Waals surface area contributed by atoms with Crippen LogP contribution in [0.1, 0.15) is 39.0 Å². The second-order valence-corrected chi connectivity index (χ2v) is 6.05. The van der Waals surface area contributed by atoms with Crippen molar-refractivity contribution >= 4 is 27.5 Å². The number of carbonyl (C=O) groups excluding carboxylic acids is 1. The third-order valence-electron chi connectivity index (χ3n) is 3.37. The second kappa shape index (κ2) is 7.98. The SMILES string of the molecule is CCCCCCCOC(=O)Cn1c(=O)sc2ccccc21. The molecule has 2 aromatic rings. The highest BCUT2D eigenvalue weighted by Gasteiger charge is 2.11. The summed E-state index contributed by atoms with van der Waals surface area (Å²) < 4.78 is 7.59. The van der Waals surface area contributed by atoms with Crippen molar-refractivity contribution < 1.29 is 9.53 Å². The van der Waals surface area contributed by atoms with Gasteiger partial charge in [-0.1, -0.05) is 56.1 Å². The minimum atomic E-state index is -0.337. The summed E-state index contributed by atoms with van der Waals surface area (Å²) in [5.41, 5.74) is 0.799. The van der Waals surface area contributed by atoms with Crippen molar-refractivity contribution in [1.82, 2.24) is 4.57 Å². The molecule has 1 aromatic heterocycles. The highest BCUT2D eigenvalue weighted by molar-refractivity contribution is 7.16. The van der Waals surface area contributed by atoms with Gasteiger partial charge >= 0.3 is 10.8 Å². The Bertz CT molecular complexity index is 644. The summed E-state index contributed by atoms with van der Waals surface area (Å²) in [5, 5.41) is 0. The van der Waals surface area contributed by atoms with E-state index in [1.54, 1.807) is 0 Å². The number of nitrogens with zero attached hydrogens (tertiary/aromatic N) is 1. The Labute approximate surface area is 128 Å². The molecule has 0 amide bonds.